The molecule has 8 nitrogen and oxygen atoms in total. The van der Waals surface area contributed by atoms with Crippen LogP contribution in [0.3, 0.4) is 0 Å². The van der Waals surface area contributed by atoms with E-state index in [4.69, 9.17) is 4.52 Å². The van der Waals surface area contributed by atoms with Crippen LogP contribution in [0.5, 0.6) is 0 Å². The average molecular weight is 384 g/mol. The average Bonchev–Trinajstić information content (AvgIpc) is 3.11. The van der Waals surface area contributed by atoms with Crippen LogP contribution in [0.2, 0.25) is 0 Å². The molecule has 8 heteroatoms. The van der Waals surface area contributed by atoms with Crippen molar-refractivity contribution in [3.05, 3.63) is 47.7 Å². The summed E-state index contributed by atoms with van der Waals surface area (Å²) < 4.78 is 4.92. The van der Waals surface area contributed by atoms with Crippen LogP contribution in [0.4, 0.5) is 5.82 Å². The van der Waals surface area contributed by atoms with Crippen molar-refractivity contribution >= 4 is 23.4 Å². The van der Waals surface area contributed by atoms with E-state index in [-0.39, 0.29) is 37.0 Å². The summed E-state index contributed by atoms with van der Waals surface area (Å²) in [6, 6.07) is 10.7. The van der Waals surface area contributed by atoms with Crippen LogP contribution in [0.1, 0.15) is 29.0 Å². The first-order valence-electron chi connectivity index (χ1n) is 9.33. The van der Waals surface area contributed by atoms with Crippen molar-refractivity contribution in [1.29, 1.82) is 0 Å². The molecule has 2 amide bonds. The number of amides is 2. The highest BCUT2D eigenvalue weighted by Gasteiger charge is 2.23. The molecule has 2 aromatic rings. The van der Waals surface area contributed by atoms with Gasteiger partial charge in [-0.2, -0.15) is 0 Å². The summed E-state index contributed by atoms with van der Waals surface area (Å²) in [6.45, 7) is 4.32. The molecule has 3 rings (SSSR count). The third-order valence-corrected chi connectivity index (χ3v) is 4.65. The van der Waals surface area contributed by atoms with E-state index in [1.807, 2.05) is 23.1 Å². The number of nitrogens with one attached hydrogen (secondary N) is 1. The van der Waals surface area contributed by atoms with Gasteiger partial charge in [-0.05, 0) is 6.92 Å². The van der Waals surface area contributed by atoms with Crippen LogP contribution < -0.4 is 5.32 Å². The fraction of sp³-hybridized carbons (Fsp3) is 0.400. The molecule has 0 aliphatic carbocycles. The molecule has 0 bridgehead atoms. The quantitative estimate of drug-likeness (QED) is 0.731. The number of aryl methyl sites for hydroxylation is 1. The Kier molecular flexibility index (Phi) is 6.54. The summed E-state index contributed by atoms with van der Waals surface area (Å²) in [5, 5.41) is 6.42. The minimum atomic E-state index is -0.165. The lowest BCUT2D eigenvalue weighted by Gasteiger charge is -2.34. The molecule has 0 radical (unpaired) electrons. The van der Waals surface area contributed by atoms with Gasteiger partial charge in [-0.15, -0.1) is 0 Å². The highest BCUT2D eigenvalue weighted by molar-refractivity contribution is 5.97. The fourth-order valence-corrected chi connectivity index (χ4v) is 3.11. The Labute approximate surface area is 163 Å². The van der Waals surface area contributed by atoms with Gasteiger partial charge in [0.1, 0.15) is 5.76 Å². The van der Waals surface area contributed by atoms with E-state index in [2.05, 4.69) is 10.5 Å². The smallest absolute Gasteiger partial charge is 0.239 e. The lowest BCUT2D eigenvalue weighted by Crippen LogP contribution is -2.50. The molecule has 0 spiro atoms. The van der Waals surface area contributed by atoms with Crippen LogP contribution in [-0.4, -0.2) is 65.3 Å². The molecule has 1 aliphatic heterocycles. The SMILES string of the molecule is Cc1cc(NC(=O)CN2CCN(C(=O)CCC(=O)c3ccccc3)CC2)no1. The summed E-state index contributed by atoms with van der Waals surface area (Å²) in [6.07, 6.45) is 0.419. The van der Waals surface area contributed by atoms with Gasteiger partial charge in [0.05, 0.1) is 6.54 Å². The maximum absolute atomic E-state index is 12.4. The van der Waals surface area contributed by atoms with Gasteiger partial charge in [-0.1, -0.05) is 35.5 Å². The van der Waals surface area contributed by atoms with Crippen LogP contribution >= 0.6 is 0 Å². The second-order valence-corrected chi connectivity index (χ2v) is 6.82. The Bertz CT molecular complexity index is 826. The largest absolute Gasteiger partial charge is 0.360 e. The standard InChI is InChI=1S/C20H24N4O4/c1-15-13-18(22-28-15)21-19(26)14-23-9-11-24(12-10-23)20(27)8-7-17(25)16-5-3-2-4-6-16/h2-6,13H,7-12,14H2,1H3,(H,21,22,26). The van der Waals surface area contributed by atoms with Gasteiger partial charge < -0.3 is 14.7 Å². The maximum atomic E-state index is 12.4. The number of ketones is 1. The van der Waals surface area contributed by atoms with Crippen LogP contribution in [0.25, 0.3) is 0 Å². The zero-order valence-electron chi connectivity index (χ0n) is 15.9. The summed E-state index contributed by atoms with van der Waals surface area (Å²) >= 11 is 0. The van der Waals surface area contributed by atoms with Crippen molar-refractivity contribution in [3.8, 4) is 0 Å². The number of rotatable bonds is 7. The third kappa shape index (κ3) is 5.50. The molecule has 2 heterocycles. The second-order valence-electron chi connectivity index (χ2n) is 6.82. The molecule has 0 atom stereocenters. The van der Waals surface area contributed by atoms with Gasteiger partial charge in [-0.25, -0.2) is 0 Å². The lowest BCUT2D eigenvalue weighted by atomic mass is 10.1. The number of aromatic nitrogens is 1. The predicted octanol–water partition coefficient (Wildman–Crippen LogP) is 1.73. The molecular formula is C20H24N4O4. The Balaban J connectivity index is 1.37. The van der Waals surface area contributed by atoms with Crippen molar-refractivity contribution < 1.29 is 18.9 Å². The number of anilines is 1. The van der Waals surface area contributed by atoms with Crippen molar-refractivity contribution in [1.82, 2.24) is 15.0 Å². The Hall–Kier alpha value is -3.00. The van der Waals surface area contributed by atoms with Gasteiger partial charge in [-0.3, -0.25) is 19.3 Å². The molecule has 0 unspecified atom stereocenters. The van der Waals surface area contributed by atoms with E-state index >= 15 is 0 Å². The minimum absolute atomic E-state index is 0.0210. The molecule has 1 aliphatic rings. The van der Waals surface area contributed by atoms with E-state index in [0.717, 1.165) is 0 Å². The Morgan fingerprint density at radius 1 is 1.07 bits per heavy atom. The summed E-state index contributed by atoms with van der Waals surface area (Å²) in [5.74, 6) is 0.827. The van der Waals surface area contributed by atoms with Crippen LogP contribution in [-0.2, 0) is 9.59 Å². The minimum Gasteiger partial charge on any atom is -0.360 e. The number of piperazine rings is 1. The molecule has 1 aromatic heterocycles. The molecule has 1 fully saturated rings. The number of hydrogen-bond donors (Lipinski definition) is 1. The number of carbonyl (C=O) groups is 3. The lowest BCUT2D eigenvalue weighted by molar-refractivity contribution is -0.133. The van der Waals surface area contributed by atoms with Crippen molar-refractivity contribution in [3.63, 3.8) is 0 Å². The highest BCUT2D eigenvalue weighted by Crippen LogP contribution is 2.10. The number of nitrogens with zero attached hydrogens (tertiary/aromatic N) is 3. The first-order valence-corrected chi connectivity index (χ1v) is 9.33. The first-order chi connectivity index (χ1) is 13.5. The highest BCUT2D eigenvalue weighted by atomic mass is 16.5. The van der Waals surface area contributed by atoms with Crippen molar-refractivity contribution in [2.75, 3.05) is 38.0 Å². The molecular weight excluding hydrogens is 360 g/mol. The van der Waals surface area contributed by atoms with Gasteiger partial charge in [0.25, 0.3) is 0 Å². The summed E-state index contributed by atoms with van der Waals surface area (Å²) in [4.78, 5) is 40.3. The van der Waals surface area contributed by atoms with E-state index in [0.29, 0.717) is 43.3 Å². The van der Waals surface area contributed by atoms with Crippen LogP contribution in [0, 0.1) is 6.92 Å². The zero-order valence-corrected chi connectivity index (χ0v) is 15.9. The number of benzene rings is 1. The van der Waals surface area contributed by atoms with Gasteiger partial charge in [0.2, 0.25) is 11.8 Å². The maximum Gasteiger partial charge on any atom is 0.239 e. The van der Waals surface area contributed by atoms with Crippen molar-refractivity contribution in [2.24, 2.45) is 0 Å². The summed E-state index contributed by atoms with van der Waals surface area (Å²) in [7, 11) is 0. The number of Topliss-reactive ketones (excluding diaryl/α,β-unsaturated/α-hetero) is 1. The van der Waals surface area contributed by atoms with Gasteiger partial charge >= 0.3 is 0 Å². The molecule has 1 N–H and O–H groups in total. The second kappa shape index (κ2) is 9.27. The normalized spacial score (nSPS) is 14.7. The van der Waals surface area contributed by atoms with Gasteiger partial charge in [0.15, 0.2) is 11.6 Å². The topological polar surface area (TPSA) is 95.8 Å². The zero-order chi connectivity index (χ0) is 19.9. The van der Waals surface area contributed by atoms with E-state index in [9.17, 15) is 14.4 Å². The Morgan fingerprint density at radius 3 is 2.43 bits per heavy atom. The molecule has 1 aromatic carbocycles. The third-order valence-electron chi connectivity index (χ3n) is 4.65. The molecule has 0 saturated carbocycles. The predicted molar refractivity (Wildman–Crippen MR) is 103 cm³/mol. The molecule has 148 valence electrons. The number of hydrogen-bond acceptors (Lipinski definition) is 6. The first kappa shape index (κ1) is 19.8. The van der Waals surface area contributed by atoms with E-state index in [1.165, 1.54) is 0 Å². The van der Waals surface area contributed by atoms with E-state index < -0.39 is 0 Å². The number of carbonyl (C=O) groups excluding carboxylic acids is 3. The van der Waals surface area contributed by atoms with Crippen molar-refractivity contribution in [2.45, 2.75) is 19.8 Å². The Morgan fingerprint density at radius 2 is 1.79 bits per heavy atom. The fourth-order valence-electron chi connectivity index (χ4n) is 3.11. The molecule has 1 saturated heterocycles. The van der Waals surface area contributed by atoms with Gasteiger partial charge in [0, 0.05) is 50.7 Å². The molecule has 28 heavy (non-hydrogen) atoms. The van der Waals surface area contributed by atoms with E-state index in [1.54, 1.807) is 30.0 Å². The van der Waals surface area contributed by atoms with Crippen LogP contribution in [0.15, 0.2) is 40.9 Å². The monoisotopic (exact) mass is 384 g/mol. The summed E-state index contributed by atoms with van der Waals surface area (Å²) in [5.41, 5.74) is 0.633.